The third-order valence-electron chi connectivity index (χ3n) is 5.37. The zero-order valence-corrected chi connectivity index (χ0v) is 17.6. The number of nitrogens with zero attached hydrogens (tertiary/aromatic N) is 3. The van der Waals surface area contributed by atoms with Gasteiger partial charge in [0.05, 0.1) is 38.2 Å². The minimum atomic E-state index is -4.89. The fourth-order valence-electron chi connectivity index (χ4n) is 3.63. The quantitative estimate of drug-likeness (QED) is 0.654. The van der Waals surface area contributed by atoms with Gasteiger partial charge in [0, 0.05) is 6.54 Å². The molecule has 0 spiro atoms. The van der Waals surface area contributed by atoms with Gasteiger partial charge in [-0.1, -0.05) is 12.1 Å². The lowest BCUT2D eigenvalue weighted by Crippen LogP contribution is -2.40. The number of aliphatic carboxylic acids is 1. The molecular formula is C21H24F3N3O5. The van der Waals surface area contributed by atoms with Crippen LogP contribution in [0.25, 0.3) is 0 Å². The molecule has 0 saturated carbocycles. The van der Waals surface area contributed by atoms with E-state index in [1.165, 1.54) is 18.9 Å². The van der Waals surface area contributed by atoms with Crippen molar-refractivity contribution in [2.45, 2.75) is 44.6 Å². The summed E-state index contributed by atoms with van der Waals surface area (Å²) in [5.41, 5.74) is -2.26. The van der Waals surface area contributed by atoms with Gasteiger partial charge in [-0.2, -0.15) is 18.3 Å². The topological polar surface area (TPSA) is 93.9 Å². The average Bonchev–Trinajstić information content (AvgIpc) is 3.21. The number of anilines is 1. The number of rotatable bonds is 8. The molecule has 0 amide bonds. The van der Waals surface area contributed by atoms with Gasteiger partial charge in [0.2, 0.25) is 0 Å². The third kappa shape index (κ3) is 5.21. The van der Waals surface area contributed by atoms with Crippen molar-refractivity contribution < 1.29 is 32.5 Å². The molecule has 174 valence electrons. The van der Waals surface area contributed by atoms with E-state index >= 15 is 0 Å². The smallest absolute Gasteiger partial charge is 0.423 e. The van der Waals surface area contributed by atoms with Crippen LogP contribution in [0.2, 0.25) is 0 Å². The second-order valence-electron chi connectivity index (χ2n) is 7.52. The molecule has 1 aromatic heterocycles. The number of ether oxygens (including phenoxy) is 2. The summed E-state index contributed by atoms with van der Waals surface area (Å²) in [4.78, 5) is 25.2. The number of halogens is 3. The molecule has 2 atom stereocenters. The van der Waals surface area contributed by atoms with Crippen LogP contribution in [-0.2, 0) is 22.3 Å². The van der Waals surface area contributed by atoms with Crippen LogP contribution in [0.5, 0.6) is 5.75 Å². The Morgan fingerprint density at radius 2 is 2.00 bits per heavy atom. The zero-order chi connectivity index (χ0) is 23.5. The number of alkyl halides is 3. The van der Waals surface area contributed by atoms with Crippen molar-refractivity contribution in [2.75, 3.05) is 25.2 Å². The van der Waals surface area contributed by atoms with E-state index in [0.717, 1.165) is 10.9 Å². The van der Waals surface area contributed by atoms with Crippen LogP contribution in [0.4, 0.5) is 18.9 Å². The normalized spacial score (nSPS) is 17.4. The molecule has 1 aromatic carbocycles. The van der Waals surface area contributed by atoms with Crippen LogP contribution in [0.1, 0.15) is 30.9 Å². The first-order chi connectivity index (χ1) is 15.1. The number of carboxylic acids is 1. The SMILES string of the molecule is COc1ccc(Cn2ncc(N3CCCC3COC(C)C(=O)O)c(C(F)(F)F)c2=O)cc1. The van der Waals surface area contributed by atoms with E-state index in [0.29, 0.717) is 24.2 Å². The monoisotopic (exact) mass is 455 g/mol. The van der Waals surface area contributed by atoms with Gasteiger partial charge in [0.15, 0.2) is 6.10 Å². The summed E-state index contributed by atoms with van der Waals surface area (Å²) in [6, 6.07) is 6.09. The molecule has 2 unspecified atom stereocenters. The maximum absolute atomic E-state index is 13.9. The Kier molecular flexibility index (Phi) is 7.07. The number of carboxylic acid groups (broad SMARTS) is 1. The molecule has 1 fully saturated rings. The first-order valence-electron chi connectivity index (χ1n) is 10.0. The maximum atomic E-state index is 13.9. The number of hydrogen-bond donors (Lipinski definition) is 1. The molecule has 11 heteroatoms. The van der Waals surface area contributed by atoms with Crippen LogP contribution < -0.4 is 15.2 Å². The van der Waals surface area contributed by atoms with Crippen LogP contribution >= 0.6 is 0 Å². The van der Waals surface area contributed by atoms with E-state index in [9.17, 15) is 22.8 Å². The minimum Gasteiger partial charge on any atom is -0.497 e. The van der Waals surface area contributed by atoms with E-state index in [1.807, 2.05) is 0 Å². The fourth-order valence-corrected chi connectivity index (χ4v) is 3.63. The van der Waals surface area contributed by atoms with Crippen molar-refractivity contribution in [3.05, 3.63) is 51.9 Å². The maximum Gasteiger partial charge on any atom is 0.423 e. The molecule has 0 bridgehead atoms. The Balaban J connectivity index is 1.91. The molecule has 2 heterocycles. The fraction of sp³-hybridized carbons (Fsp3) is 0.476. The largest absolute Gasteiger partial charge is 0.497 e. The molecule has 1 aliphatic rings. The van der Waals surface area contributed by atoms with Crippen molar-refractivity contribution in [1.82, 2.24) is 9.78 Å². The van der Waals surface area contributed by atoms with Gasteiger partial charge in [-0.25, -0.2) is 9.48 Å². The molecular weight excluding hydrogens is 431 g/mol. The van der Waals surface area contributed by atoms with E-state index in [-0.39, 0.29) is 25.4 Å². The molecule has 3 rings (SSSR count). The molecule has 1 aliphatic heterocycles. The first kappa shape index (κ1) is 23.6. The summed E-state index contributed by atoms with van der Waals surface area (Å²) < 4.78 is 52.9. The van der Waals surface area contributed by atoms with Crippen molar-refractivity contribution in [3.63, 3.8) is 0 Å². The predicted molar refractivity (Wildman–Crippen MR) is 109 cm³/mol. The summed E-state index contributed by atoms with van der Waals surface area (Å²) in [5.74, 6) is -0.576. The Hall–Kier alpha value is -3.08. The number of hydrogen-bond acceptors (Lipinski definition) is 6. The minimum absolute atomic E-state index is 0.0697. The average molecular weight is 455 g/mol. The van der Waals surface area contributed by atoms with Gasteiger partial charge < -0.3 is 19.5 Å². The lowest BCUT2D eigenvalue weighted by Gasteiger charge is -2.29. The Morgan fingerprint density at radius 3 is 2.59 bits per heavy atom. The molecule has 0 radical (unpaired) electrons. The second-order valence-corrected chi connectivity index (χ2v) is 7.52. The lowest BCUT2D eigenvalue weighted by molar-refractivity contribution is -0.149. The molecule has 1 saturated heterocycles. The molecule has 0 aliphatic carbocycles. The molecule has 8 nitrogen and oxygen atoms in total. The van der Waals surface area contributed by atoms with Crippen molar-refractivity contribution in [2.24, 2.45) is 0 Å². The number of methoxy groups -OCH3 is 1. The van der Waals surface area contributed by atoms with Crippen LogP contribution in [0.3, 0.4) is 0 Å². The van der Waals surface area contributed by atoms with Gasteiger partial charge >= 0.3 is 12.1 Å². The van der Waals surface area contributed by atoms with E-state index < -0.39 is 35.4 Å². The summed E-state index contributed by atoms with van der Waals surface area (Å²) in [5, 5.41) is 12.9. The zero-order valence-electron chi connectivity index (χ0n) is 17.6. The van der Waals surface area contributed by atoms with E-state index in [2.05, 4.69) is 5.10 Å². The van der Waals surface area contributed by atoms with Crippen LogP contribution in [-0.4, -0.2) is 53.3 Å². The van der Waals surface area contributed by atoms with Gasteiger partial charge in [-0.05, 0) is 37.5 Å². The highest BCUT2D eigenvalue weighted by Crippen LogP contribution is 2.36. The Morgan fingerprint density at radius 1 is 1.31 bits per heavy atom. The van der Waals surface area contributed by atoms with Gasteiger partial charge in [0.1, 0.15) is 11.3 Å². The summed E-state index contributed by atoms with van der Waals surface area (Å²) in [7, 11) is 1.49. The highest BCUT2D eigenvalue weighted by molar-refractivity contribution is 5.71. The highest BCUT2D eigenvalue weighted by Gasteiger charge is 2.41. The van der Waals surface area contributed by atoms with Crippen molar-refractivity contribution in [3.8, 4) is 5.75 Å². The number of benzene rings is 1. The number of carbonyl (C=O) groups is 1. The highest BCUT2D eigenvalue weighted by atomic mass is 19.4. The second kappa shape index (κ2) is 9.60. The van der Waals surface area contributed by atoms with Crippen LogP contribution in [0.15, 0.2) is 35.3 Å². The van der Waals surface area contributed by atoms with Gasteiger partial charge in [-0.3, -0.25) is 4.79 Å². The van der Waals surface area contributed by atoms with E-state index in [4.69, 9.17) is 14.6 Å². The van der Waals surface area contributed by atoms with Crippen molar-refractivity contribution in [1.29, 1.82) is 0 Å². The predicted octanol–water partition coefficient (Wildman–Crippen LogP) is 2.78. The van der Waals surface area contributed by atoms with Crippen LogP contribution in [0, 0.1) is 0 Å². The summed E-state index contributed by atoms with van der Waals surface area (Å²) in [6.45, 7) is 1.43. The standard InChI is InChI=1S/C21H24F3N3O5/c1-13(20(29)30)32-12-15-4-3-9-26(15)17-10-25-27(19(28)18(17)21(22,23)24)11-14-5-7-16(31-2)8-6-14/h5-8,10,13,15H,3-4,9,11-12H2,1-2H3,(H,29,30). The summed E-state index contributed by atoms with van der Waals surface area (Å²) in [6.07, 6.45) is -3.83. The lowest BCUT2D eigenvalue weighted by atomic mass is 10.1. The first-order valence-corrected chi connectivity index (χ1v) is 10.0. The van der Waals surface area contributed by atoms with E-state index in [1.54, 1.807) is 24.3 Å². The molecule has 2 aromatic rings. The summed E-state index contributed by atoms with van der Waals surface area (Å²) >= 11 is 0. The van der Waals surface area contributed by atoms with Crippen molar-refractivity contribution >= 4 is 11.7 Å². The van der Waals surface area contributed by atoms with Gasteiger partial charge in [-0.15, -0.1) is 0 Å². The Labute approximate surface area is 182 Å². The molecule has 1 N–H and O–H groups in total. The molecule has 32 heavy (non-hydrogen) atoms. The van der Waals surface area contributed by atoms with Gasteiger partial charge in [0.25, 0.3) is 5.56 Å². The number of aromatic nitrogens is 2. The third-order valence-corrected chi connectivity index (χ3v) is 5.37. The Bertz CT molecular complexity index is 1010.